The molecule has 0 spiro atoms. The Bertz CT molecular complexity index is 1040. The van der Waals surface area contributed by atoms with Crippen LogP contribution < -0.4 is 9.80 Å². The Hall–Kier alpha value is -3.40. The second-order valence-corrected chi connectivity index (χ2v) is 8.18. The van der Waals surface area contributed by atoms with Crippen LogP contribution >= 0.6 is 0 Å². The van der Waals surface area contributed by atoms with E-state index in [1.165, 1.54) is 0 Å². The van der Waals surface area contributed by atoms with E-state index in [9.17, 15) is 9.59 Å². The van der Waals surface area contributed by atoms with Crippen LogP contribution in [-0.2, 0) is 16.0 Å². The third-order valence-electron chi connectivity index (χ3n) is 6.10. The maximum Gasteiger partial charge on any atom is 0.224 e. The number of carbonyl (C=O) groups excluding carboxylic acids is 2. The van der Waals surface area contributed by atoms with E-state index < -0.39 is 0 Å². The molecule has 1 aliphatic heterocycles. The van der Waals surface area contributed by atoms with Crippen LogP contribution in [-0.4, -0.2) is 24.3 Å². The van der Waals surface area contributed by atoms with Crippen molar-refractivity contribution in [3.05, 3.63) is 96.1 Å². The second-order valence-electron chi connectivity index (χ2n) is 8.18. The zero-order valence-corrected chi connectivity index (χ0v) is 18.0. The van der Waals surface area contributed by atoms with E-state index in [4.69, 9.17) is 0 Å². The average Bonchev–Trinajstić information content (AvgIpc) is 2.79. The SMILES string of the molecule is CC(=O)N(c1ccccc1)C1CC(C)N(C(C=O)Cc2ccccc2)c2ccccc21. The van der Waals surface area contributed by atoms with Gasteiger partial charge < -0.3 is 14.6 Å². The van der Waals surface area contributed by atoms with Crippen LogP contribution in [0.5, 0.6) is 0 Å². The zero-order chi connectivity index (χ0) is 21.8. The first-order chi connectivity index (χ1) is 15.1. The van der Waals surface area contributed by atoms with Gasteiger partial charge in [0.05, 0.1) is 12.1 Å². The number of hydrogen-bond donors (Lipinski definition) is 0. The third-order valence-corrected chi connectivity index (χ3v) is 6.10. The van der Waals surface area contributed by atoms with Crippen LogP contribution in [0.3, 0.4) is 0 Å². The predicted molar refractivity (Wildman–Crippen MR) is 125 cm³/mol. The summed E-state index contributed by atoms with van der Waals surface area (Å²) in [6.07, 6.45) is 2.47. The number of benzene rings is 3. The zero-order valence-electron chi connectivity index (χ0n) is 18.0. The van der Waals surface area contributed by atoms with Crippen molar-refractivity contribution >= 4 is 23.6 Å². The van der Waals surface area contributed by atoms with Gasteiger partial charge in [0.2, 0.25) is 5.91 Å². The van der Waals surface area contributed by atoms with Gasteiger partial charge in [0.1, 0.15) is 6.29 Å². The lowest BCUT2D eigenvalue weighted by atomic mass is 9.88. The Morgan fingerprint density at radius 1 is 1.00 bits per heavy atom. The first-order valence-electron chi connectivity index (χ1n) is 10.8. The molecule has 3 aromatic carbocycles. The van der Waals surface area contributed by atoms with E-state index in [2.05, 4.69) is 36.1 Å². The molecule has 3 aromatic rings. The molecule has 3 unspecified atom stereocenters. The highest BCUT2D eigenvalue weighted by atomic mass is 16.2. The summed E-state index contributed by atoms with van der Waals surface area (Å²) in [6.45, 7) is 3.77. The smallest absolute Gasteiger partial charge is 0.224 e. The number of hydrogen-bond acceptors (Lipinski definition) is 3. The summed E-state index contributed by atoms with van der Waals surface area (Å²) in [5.41, 5.74) is 4.15. The number of nitrogens with zero attached hydrogens (tertiary/aromatic N) is 2. The minimum Gasteiger partial charge on any atom is -0.358 e. The molecule has 1 amide bonds. The lowest BCUT2D eigenvalue weighted by molar-refractivity contribution is -0.117. The average molecular weight is 413 g/mol. The summed E-state index contributed by atoms with van der Waals surface area (Å²) in [5.74, 6) is 0.0166. The number of anilines is 2. The normalized spacial score (nSPS) is 18.7. The van der Waals surface area contributed by atoms with Gasteiger partial charge in [-0.1, -0.05) is 66.7 Å². The van der Waals surface area contributed by atoms with Crippen LogP contribution in [0, 0.1) is 0 Å². The van der Waals surface area contributed by atoms with Crippen molar-refractivity contribution < 1.29 is 9.59 Å². The van der Waals surface area contributed by atoms with Gasteiger partial charge in [-0.25, -0.2) is 0 Å². The standard InChI is InChI=1S/C27H28N2O2/c1-20-17-27(29(21(2)31)23-13-7-4-8-14-23)25-15-9-10-16-26(25)28(20)24(19-30)18-22-11-5-3-6-12-22/h3-16,19-20,24,27H,17-18H2,1-2H3. The van der Waals surface area contributed by atoms with Crippen molar-refractivity contribution in [3.8, 4) is 0 Å². The van der Waals surface area contributed by atoms with Gasteiger partial charge in [-0.3, -0.25) is 4.79 Å². The molecule has 0 aliphatic carbocycles. The number of amides is 1. The topological polar surface area (TPSA) is 40.6 Å². The van der Waals surface area contributed by atoms with Crippen molar-refractivity contribution in [1.82, 2.24) is 0 Å². The molecule has 4 rings (SSSR count). The fraction of sp³-hybridized carbons (Fsp3) is 0.259. The first-order valence-corrected chi connectivity index (χ1v) is 10.8. The number of fused-ring (bicyclic) bond motifs is 1. The van der Waals surface area contributed by atoms with Crippen LogP contribution in [0.15, 0.2) is 84.9 Å². The van der Waals surface area contributed by atoms with E-state index in [0.29, 0.717) is 6.42 Å². The molecule has 31 heavy (non-hydrogen) atoms. The minimum atomic E-state index is -0.262. The maximum atomic E-state index is 12.7. The molecule has 1 aliphatic rings. The van der Waals surface area contributed by atoms with Crippen molar-refractivity contribution in [1.29, 1.82) is 0 Å². The summed E-state index contributed by atoms with van der Waals surface area (Å²) in [4.78, 5) is 29.1. The number of carbonyl (C=O) groups is 2. The van der Waals surface area contributed by atoms with E-state index >= 15 is 0 Å². The van der Waals surface area contributed by atoms with Crippen LogP contribution in [0.2, 0.25) is 0 Å². The summed E-state index contributed by atoms with van der Waals surface area (Å²) in [7, 11) is 0. The third kappa shape index (κ3) is 4.24. The van der Waals surface area contributed by atoms with E-state index in [-0.39, 0.29) is 24.0 Å². The highest BCUT2D eigenvalue weighted by Crippen LogP contribution is 2.43. The molecule has 0 radical (unpaired) electrons. The molecule has 158 valence electrons. The van der Waals surface area contributed by atoms with Crippen molar-refractivity contribution in [2.24, 2.45) is 0 Å². The number of rotatable bonds is 6. The fourth-order valence-electron chi connectivity index (χ4n) is 4.79. The molecule has 0 N–H and O–H groups in total. The van der Waals surface area contributed by atoms with Crippen LogP contribution in [0.25, 0.3) is 0 Å². The number of aldehydes is 1. The van der Waals surface area contributed by atoms with Gasteiger partial charge in [-0.15, -0.1) is 0 Å². The molecule has 3 atom stereocenters. The highest BCUT2D eigenvalue weighted by Gasteiger charge is 2.37. The lowest BCUT2D eigenvalue weighted by Gasteiger charge is -2.46. The van der Waals surface area contributed by atoms with Gasteiger partial charge in [0, 0.05) is 24.3 Å². The fourth-order valence-corrected chi connectivity index (χ4v) is 4.79. The Kier molecular flexibility index (Phi) is 6.17. The van der Waals surface area contributed by atoms with Crippen molar-refractivity contribution in [2.75, 3.05) is 9.80 Å². The van der Waals surface area contributed by atoms with Gasteiger partial charge in [-0.2, -0.15) is 0 Å². The van der Waals surface area contributed by atoms with Crippen LogP contribution in [0.4, 0.5) is 11.4 Å². The first kappa shape index (κ1) is 20.9. The van der Waals surface area contributed by atoms with Crippen LogP contribution in [0.1, 0.15) is 37.4 Å². The largest absolute Gasteiger partial charge is 0.358 e. The summed E-state index contributed by atoms with van der Waals surface area (Å²) in [5, 5.41) is 0. The van der Waals surface area contributed by atoms with Gasteiger partial charge in [0.25, 0.3) is 0 Å². The molecule has 0 fully saturated rings. The molecule has 4 nitrogen and oxygen atoms in total. The summed E-state index contributed by atoms with van der Waals surface area (Å²) >= 11 is 0. The summed E-state index contributed by atoms with van der Waals surface area (Å²) < 4.78 is 0. The molecule has 4 heteroatoms. The summed E-state index contributed by atoms with van der Waals surface area (Å²) in [6, 6.07) is 27.9. The Balaban J connectivity index is 1.73. The highest BCUT2D eigenvalue weighted by molar-refractivity contribution is 5.93. The second kappa shape index (κ2) is 9.17. The predicted octanol–water partition coefficient (Wildman–Crippen LogP) is 5.19. The molecule has 0 bridgehead atoms. The number of para-hydroxylation sites is 2. The van der Waals surface area contributed by atoms with Gasteiger partial charge in [0.15, 0.2) is 0 Å². The van der Waals surface area contributed by atoms with Crippen molar-refractivity contribution in [3.63, 3.8) is 0 Å². The monoisotopic (exact) mass is 412 g/mol. The molecular weight excluding hydrogens is 384 g/mol. The van der Waals surface area contributed by atoms with E-state index in [1.54, 1.807) is 6.92 Å². The van der Waals surface area contributed by atoms with E-state index in [0.717, 1.165) is 35.2 Å². The quantitative estimate of drug-likeness (QED) is 0.523. The molecule has 0 saturated heterocycles. The molecule has 0 aromatic heterocycles. The van der Waals surface area contributed by atoms with Gasteiger partial charge >= 0.3 is 0 Å². The van der Waals surface area contributed by atoms with Gasteiger partial charge in [-0.05, 0) is 49.1 Å². The molecular formula is C27H28N2O2. The Labute approximate surface area is 184 Å². The Morgan fingerprint density at radius 3 is 2.26 bits per heavy atom. The maximum absolute atomic E-state index is 12.7. The lowest BCUT2D eigenvalue weighted by Crippen LogP contribution is -2.50. The minimum absolute atomic E-state index is 0.0166. The Morgan fingerprint density at radius 2 is 1.61 bits per heavy atom. The molecule has 1 heterocycles. The van der Waals surface area contributed by atoms with Crippen molar-refractivity contribution in [2.45, 2.75) is 44.8 Å². The van der Waals surface area contributed by atoms with E-state index in [1.807, 2.05) is 65.6 Å². The molecule has 0 saturated carbocycles.